The zero-order valence-corrected chi connectivity index (χ0v) is 17.8. The first kappa shape index (κ1) is 20.4. The van der Waals surface area contributed by atoms with E-state index in [1.165, 1.54) is 6.33 Å². The topological polar surface area (TPSA) is 106 Å². The van der Waals surface area contributed by atoms with Crippen molar-refractivity contribution in [2.24, 2.45) is 0 Å². The maximum absolute atomic E-state index is 5.68. The number of nitrogens with zero attached hydrogens (tertiary/aromatic N) is 7. The van der Waals surface area contributed by atoms with Gasteiger partial charge in [-0.05, 0) is 26.3 Å². The zero-order valence-electron chi connectivity index (χ0n) is 17.8. The molecule has 4 rings (SSSR count). The Morgan fingerprint density at radius 1 is 1.30 bits per heavy atom. The number of aromatic nitrogens is 6. The summed E-state index contributed by atoms with van der Waals surface area (Å²) in [6.45, 7) is 10.9. The van der Waals surface area contributed by atoms with E-state index in [2.05, 4.69) is 39.3 Å². The first-order valence-corrected chi connectivity index (χ1v) is 10.5. The first-order valence-electron chi connectivity index (χ1n) is 10.5. The van der Waals surface area contributed by atoms with Gasteiger partial charge in [-0.2, -0.15) is 10.1 Å². The molecular weight excluding hydrogens is 382 g/mol. The number of aryl methyl sites for hydroxylation is 1. The predicted molar refractivity (Wildman–Crippen MR) is 116 cm³/mol. The van der Waals surface area contributed by atoms with Crippen LogP contribution in [0.15, 0.2) is 18.6 Å². The molecule has 4 heterocycles. The van der Waals surface area contributed by atoms with E-state index in [0.717, 1.165) is 49.4 Å². The van der Waals surface area contributed by atoms with Gasteiger partial charge in [0.1, 0.15) is 23.2 Å². The van der Waals surface area contributed by atoms with Crippen LogP contribution in [0.5, 0.6) is 0 Å². The average molecular weight is 412 g/mol. The zero-order chi connectivity index (χ0) is 20.9. The lowest BCUT2D eigenvalue weighted by molar-refractivity contribution is 0.125. The fourth-order valence-corrected chi connectivity index (χ4v) is 3.61. The monoisotopic (exact) mass is 411 g/mol. The van der Waals surface area contributed by atoms with Gasteiger partial charge in [0.25, 0.3) is 0 Å². The van der Waals surface area contributed by atoms with Gasteiger partial charge < -0.3 is 20.3 Å². The van der Waals surface area contributed by atoms with Crippen molar-refractivity contribution >= 4 is 28.6 Å². The Balaban J connectivity index is 1.73. The van der Waals surface area contributed by atoms with Crippen LogP contribution in [-0.2, 0) is 11.3 Å². The van der Waals surface area contributed by atoms with Crippen LogP contribution in [0, 0.1) is 6.92 Å². The molecule has 1 aliphatic rings. The molecule has 0 bridgehead atoms. The van der Waals surface area contributed by atoms with E-state index in [0.29, 0.717) is 36.8 Å². The minimum atomic E-state index is 0.385. The number of hydrogen-bond acceptors (Lipinski definition) is 9. The maximum atomic E-state index is 5.68. The third-order valence-electron chi connectivity index (χ3n) is 5.02. The molecule has 1 fully saturated rings. The van der Waals surface area contributed by atoms with Crippen LogP contribution in [0.1, 0.15) is 26.0 Å². The van der Waals surface area contributed by atoms with E-state index in [-0.39, 0.29) is 0 Å². The minimum Gasteiger partial charge on any atom is -0.380 e. The summed E-state index contributed by atoms with van der Waals surface area (Å²) in [7, 11) is 0. The summed E-state index contributed by atoms with van der Waals surface area (Å²) in [5.74, 6) is 2.07. The van der Waals surface area contributed by atoms with Crippen LogP contribution in [0.25, 0.3) is 11.0 Å². The van der Waals surface area contributed by atoms with Crippen LogP contribution >= 0.6 is 0 Å². The molecule has 3 aromatic rings. The lowest BCUT2D eigenvalue weighted by Crippen LogP contribution is -2.49. The summed E-state index contributed by atoms with van der Waals surface area (Å²) in [5, 5.41) is 11.5. The second-order valence-electron chi connectivity index (χ2n) is 7.51. The molecular formula is C20H29N9O. The molecule has 0 saturated carbocycles. The normalized spacial score (nSPS) is 16.9. The van der Waals surface area contributed by atoms with Crippen LogP contribution in [-0.4, -0.2) is 68.6 Å². The third-order valence-corrected chi connectivity index (χ3v) is 5.02. The van der Waals surface area contributed by atoms with E-state index in [9.17, 15) is 0 Å². The minimum absolute atomic E-state index is 0.385. The maximum Gasteiger partial charge on any atom is 0.228 e. The Kier molecular flexibility index (Phi) is 6.34. The third kappa shape index (κ3) is 4.49. The Morgan fingerprint density at radius 2 is 2.20 bits per heavy atom. The fourth-order valence-electron chi connectivity index (χ4n) is 3.61. The van der Waals surface area contributed by atoms with Gasteiger partial charge in [-0.3, -0.25) is 4.68 Å². The Hall–Kier alpha value is -2.85. The summed E-state index contributed by atoms with van der Waals surface area (Å²) in [5.41, 5.74) is 2.58. The van der Waals surface area contributed by atoms with Crippen molar-refractivity contribution in [3.63, 3.8) is 0 Å². The molecule has 10 nitrogen and oxygen atoms in total. The molecule has 10 heteroatoms. The number of rotatable bonds is 8. The van der Waals surface area contributed by atoms with E-state index in [1.807, 2.05) is 17.7 Å². The smallest absolute Gasteiger partial charge is 0.228 e. The number of ether oxygens (including phenoxy) is 1. The summed E-state index contributed by atoms with van der Waals surface area (Å²) in [4.78, 5) is 20.3. The van der Waals surface area contributed by atoms with Gasteiger partial charge >= 0.3 is 0 Å². The lowest BCUT2D eigenvalue weighted by Gasteiger charge is -2.32. The number of fused-ring (bicyclic) bond motifs is 1. The molecule has 1 aliphatic heterocycles. The van der Waals surface area contributed by atoms with E-state index in [4.69, 9.17) is 19.8 Å². The SMILES string of the molecule is CCCOCCn1nc(C)c2nc(N3CCNC(C)C3)nc(Nc3ccncn3)c21. The van der Waals surface area contributed by atoms with Crippen molar-refractivity contribution < 1.29 is 4.74 Å². The van der Waals surface area contributed by atoms with Gasteiger partial charge in [0.05, 0.1) is 18.8 Å². The van der Waals surface area contributed by atoms with E-state index in [1.54, 1.807) is 6.20 Å². The number of anilines is 3. The van der Waals surface area contributed by atoms with E-state index >= 15 is 0 Å². The lowest BCUT2D eigenvalue weighted by atomic mass is 10.2. The van der Waals surface area contributed by atoms with Crippen molar-refractivity contribution in [3.05, 3.63) is 24.3 Å². The standard InChI is InChI=1S/C20H29N9O/c1-4-10-30-11-9-29-18-17(15(3)27-29)25-20(28-8-7-22-14(2)12-28)26-19(18)24-16-5-6-21-13-23-16/h5-6,13-14,22H,4,7-12H2,1-3H3,(H,21,23,24,25,26). The molecule has 30 heavy (non-hydrogen) atoms. The summed E-state index contributed by atoms with van der Waals surface area (Å²) in [6, 6.07) is 2.20. The number of piperazine rings is 1. The highest BCUT2D eigenvalue weighted by Gasteiger charge is 2.23. The van der Waals surface area contributed by atoms with Crippen molar-refractivity contribution in [1.82, 2.24) is 35.0 Å². The molecule has 0 aromatic carbocycles. The molecule has 0 radical (unpaired) electrons. The van der Waals surface area contributed by atoms with Crippen LogP contribution < -0.4 is 15.5 Å². The highest BCUT2D eigenvalue weighted by Crippen LogP contribution is 2.28. The van der Waals surface area contributed by atoms with Crippen LogP contribution in [0.2, 0.25) is 0 Å². The summed E-state index contributed by atoms with van der Waals surface area (Å²) >= 11 is 0. The Morgan fingerprint density at radius 3 is 2.97 bits per heavy atom. The van der Waals surface area contributed by atoms with Gasteiger partial charge in [0.15, 0.2) is 5.82 Å². The Bertz CT molecular complexity index is 975. The predicted octanol–water partition coefficient (Wildman–Crippen LogP) is 1.89. The molecule has 0 amide bonds. The fraction of sp³-hybridized carbons (Fsp3) is 0.550. The molecule has 0 aliphatic carbocycles. The van der Waals surface area contributed by atoms with Gasteiger partial charge in [-0.15, -0.1) is 0 Å². The highest BCUT2D eigenvalue weighted by molar-refractivity contribution is 5.90. The van der Waals surface area contributed by atoms with Gasteiger partial charge in [0.2, 0.25) is 5.95 Å². The van der Waals surface area contributed by atoms with Crippen LogP contribution in [0.3, 0.4) is 0 Å². The van der Waals surface area contributed by atoms with Crippen molar-refractivity contribution in [3.8, 4) is 0 Å². The molecule has 160 valence electrons. The number of hydrogen-bond donors (Lipinski definition) is 2. The van der Waals surface area contributed by atoms with Crippen molar-refractivity contribution in [1.29, 1.82) is 0 Å². The first-order chi connectivity index (χ1) is 14.7. The molecule has 1 saturated heterocycles. The molecule has 2 N–H and O–H groups in total. The molecule has 0 spiro atoms. The van der Waals surface area contributed by atoms with Crippen LogP contribution in [0.4, 0.5) is 17.6 Å². The van der Waals surface area contributed by atoms with Crippen molar-refractivity contribution in [2.45, 2.75) is 39.8 Å². The average Bonchev–Trinajstić information content (AvgIpc) is 3.08. The van der Waals surface area contributed by atoms with Gasteiger partial charge in [-0.1, -0.05) is 6.92 Å². The van der Waals surface area contributed by atoms with E-state index < -0.39 is 0 Å². The largest absolute Gasteiger partial charge is 0.380 e. The van der Waals surface area contributed by atoms with Gasteiger partial charge in [-0.25, -0.2) is 15.0 Å². The second-order valence-corrected chi connectivity index (χ2v) is 7.51. The van der Waals surface area contributed by atoms with Crippen molar-refractivity contribution in [2.75, 3.05) is 43.1 Å². The molecule has 1 atom stereocenters. The highest BCUT2D eigenvalue weighted by atomic mass is 16.5. The number of nitrogens with one attached hydrogen (secondary N) is 2. The summed E-state index contributed by atoms with van der Waals surface area (Å²) in [6.07, 6.45) is 4.21. The Labute approximate surface area is 176 Å². The molecule has 3 aromatic heterocycles. The molecule has 1 unspecified atom stereocenters. The second kappa shape index (κ2) is 9.31. The summed E-state index contributed by atoms with van der Waals surface area (Å²) < 4.78 is 7.60. The quantitative estimate of drug-likeness (QED) is 0.538. The van der Waals surface area contributed by atoms with Gasteiger partial charge in [0, 0.05) is 38.5 Å².